The van der Waals surface area contributed by atoms with Crippen LogP contribution >= 0.6 is 11.3 Å². The van der Waals surface area contributed by atoms with E-state index in [2.05, 4.69) is 33.4 Å². The van der Waals surface area contributed by atoms with E-state index in [0.717, 1.165) is 23.7 Å². The van der Waals surface area contributed by atoms with Gasteiger partial charge in [0.15, 0.2) is 5.69 Å². The molecule has 3 heterocycles. The van der Waals surface area contributed by atoms with Gasteiger partial charge in [0.25, 0.3) is 5.91 Å². The number of likely N-dealkylation sites (tertiary alicyclic amines) is 1. The molecule has 0 saturated carbocycles. The van der Waals surface area contributed by atoms with Gasteiger partial charge >= 0.3 is 0 Å². The summed E-state index contributed by atoms with van der Waals surface area (Å²) in [5, 5.41) is 10.1. The lowest BCUT2D eigenvalue weighted by molar-refractivity contribution is 0.0512. The van der Waals surface area contributed by atoms with E-state index in [0.29, 0.717) is 12.3 Å². The molecular weight excluding hydrogens is 312 g/mol. The first-order chi connectivity index (χ1) is 11.1. The molecule has 124 valence electrons. The van der Waals surface area contributed by atoms with Gasteiger partial charge in [-0.2, -0.15) is 5.10 Å². The fourth-order valence-corrected chi connectivity index (χ4v) is 3.70. The molecule has 2 aromatic rings. The Hall–Kier alpha value is -1.70. The standard InChI is InChI=1S/C16H22N4O2S/c1-4-22-14-9-20(3)8-13(14)17-16(21)12-7-11(18-19-12)15-6-5-10(2)23-15/h5-7,13-14H,4,8-9H2,1-3H3,(H,17,21)(H,18,19)/t13-,14-/m1/s1. The Morgan fingerprint density at radius 3 is 3.04 bits per heavy atom. The Labute approximate surface area is 139 Å². The molecule has 0 aliphatic carbocycles. The van der Waals surface area contributed by atoms with Crippen LogP contribution in [0.5, 0.6) is 0 Å². The number of thiophene rings is 1. The van der Waals surface area contributed by atoms with Gasteiger partial charge in [0.05, 0.1) is 22.7 Å². The van der Waals surface area contributed by atoms with Gasteiger partial charge in [-0.05, 0) is 39.1 Å². The summed E-state index contributed by atoms with van der Waals surface area (Å²) in [5.41, 5.74) is 1.29. The predicted octanol–water partition coefficient (Wildman–Crippen LogP) is 1.90. The molecule has 2 N–H and O–H groups in total. The lowest BCUT2D eigenvalue weighted by Crippen LogP contribution is -2.44. The van der Waals surface area contributed by atoms with Crippen LogP contribution in [0.2, 0.25) is 0 Å². The van der Waals surface area contributed by atoms with Gasteiger partial charge in [-0.3, -0.25) is 9.89 Å². The second kappa shape index (κ2) is 6.82. The van der Waals surface area contributed by atoms with Crippen molar-refractivity contribution < 1.29 is 9.53 Å². The zero-order chi connectivity index (χ0) is 16.4. The number of aromatic amines is 1. The number of aryl methyl sites for hydroxylation is 1. The minimum atomic E-state index is -0.161. The van der Waals surface area contributed by atoms with E-state index in [4.69, 9.17) is 4.74 Å². The Morgan fingerprint density at radius 2 is 2.35 bits per heavy atom. The van der Waals surface area contributed by atoms with Gasteiger partial charge in [0.1, 0.15) is 0 Å². The van der Waals surface area contributed by atoms with Gasteiger partial charge in [-0.25, -0.2) is 0 Å². The van der Waals surface area contributed by atoms with Gasteiger partial charge < -0.3 is 15.0 Å². The van der Waals surface area contributed by atoms with Crippen LogP contribution < -0.4 is 5.32 Å². The number of nitrogens with zero attached hydrogens (tertiary/aromatic N) is 2. The molecule has 1 aliphatic heterocycles. The van der Waals surface area contributed by atoms with E-state index in [1.807, 2.05) is 20.0 Å². The first kappa shape index (κ1) is 16.2. The van der Waals surface area contributed by atoms with Crippen LogP contribution in [-0.2, 0) is 4.74 Å². The molecule has 1 fully saturated rings. The molecule has 1 amide bonds. The Balaban J connectivity index is 1.68. The number of rotatable bonds is 5. The van der Waals surface area contributed by atoms with Crippen molar-refractivity contribution in [1.29, 1.82) is 0 Å². The number of amides is 1. The number of H-pyrrole nitrogens is 1. The largest absolute Gasteiger partial charge is 0.375 e. The average molecular weight is 334 g/mol. The number of nitrogens with one attached hydrogen (secondary N) is 2. The minimum absolute atomic E-state index is 0.00316. The van der Waals surface area contributed by atoms with Crippen molar-refractivity contribution in [3.05, 3.63) is 28.8 Å². The van der Waals surface area contributed by atoms with E-state index in [1.165, 1.54) is 4.88 Å². The lowest BCUT2D eigenvalue weighted by Gasteiger charge is -2.19. The molecule has 0 spiro atoms. The Kier molecular flexibility index (Phi) is 4.79. The number of carbonyl (C=O) groups is 1. The normalized spacial score (nSPS) is 21.7. The first-order valence-corrected chi connectivity index (χ1v) is 8.61. The molecule has 0 unspecified atom stereocenters. The number of aromatic nitrogens is 2. The van der Waals surface area contributed by atoms with E-state index in [1.54, 1.807) is 17.4 Å². The van der Waals surface area contributed by atoms with Crippen LogP contribution in [0.3, 0.4) is 0 Å². The minimum Gasteiger partial charge on any atom is -0.375 e. The summed E-state index contributed by atoms with van der Waals surface area (Å²) in [7, 11) is 2.03. The third-order valence-corrected chi connectivity index (χ3v) is 5.00. The summed E-state index contributed by atoms with van der Waals surface area (Å²) in [6.07, 6.45) is 0.0345. The van der Waals surface area contributed by atoms with Crippen molar-refractivity contribution in [2.24, 2.45) is 0 Å². The van der Waals surface area contributed by atoms with Crippen molar-refractivity contribution in [3.63, 3.8) is 0 Å². The molecule has 7 heteroatoms. The fraction of sp³-hybridized carbons (Fsp3) is 0.500. The van der Waals surface area contributed by atoms with Crippen molar-refractivity contribution in [3.8, 4) is 10.6 Å². The van der Waals surface area contributed by atoms with Crippen LogP contribution in [0.4, 0.5) is 0 Å². The Morgan fingerprint density at radius 1 is 1.52 bits per heavy atom. The van der Waals surface area contributed by atoms with Crippen LogP contribution in [-0.4, -0.2) is 59.9 Å². The second-order valence-corrected chi connectivity index (χ2v) is 7.16. The number of hydrogen-bond donors (Lipinski definition) is 2. The zero-order valence-electron chi connectivity index (χ0n) is 13.6. The highest BCUT2D eigenvalue weighted by Gasteiger charge is 2.33. The maximum absolute atomic E-state index is 12.4. The van der Waals surface area contributed by atoms with Crippen LogP contribution in [0.25, 0.3) is 10.6 Å². The first-order valence-electron chi connectivity index (χ1n) is 7.80. The van der Waals surface area contributed by atoms with Crippen LogP contribution in [0.1, 0.15) is 22.3 Å². The summed E-state index contributed by atoms with van der Waals surface area (Å²) < 4.78 is 5.72. The summed E-state index contributed by atoms with van der Waals surface area (Å²) in [6.45, 7) is 6.30. The molecule has 6 nitrogen and oxygen atoms in total. The van der Waals surface area contributed by atoms with Crippen molar-refractivity contribution in [2.75, 3.05) is 26.7 Å². The van der Waals surface area contributed by atoms with Crippen LogP contribution in [0.15, 0.2) is 18.2 Å². The third kappa shape index (κ3) is 3.63. The van der Waals surface area contributed by atoms with Gasteiger partial charge in [0.2, 0.25) is 0 Å². The molecule has 0 aromatic carbocycles. The van der Waals surface area contributed by atoms with E-state index >= 15 is 0 Å². The number of likely N-dealkylation sites (N-methyl/N-ethyl adjacent to an activating group) is 1. The van der Waals surface area contributed by atoms with Gasteiger partial charge in [0, 0.05) is 24.6 Å². The smallest absolute Gasteiger partial charge is 0.272 e. The number of carbonyl (C=O) groups excluding carboxylic acids is 1. The third-order valence-electron chi connectivity index (χ3n) is 3.96. The molecule has 2 aromatic heterocycles. The monoisotopic (exact) mass is 334 g/mol. The summed E-state index contributed by atoms with van der Waals surface area (Å²) in [6, 6.07) is 5.89. The highest BCUT2D eigenvalue weighted by Crippen LogP contribution is 2.26. The van der Waals surface area contributed by atoms with E-state index < -0.39 is 0 Å². The molecule has 23 heavy (non-hydrogen) atoms. The summed E-state index contributed by atoms with van der Waals surface area (Å²) in [5.74, 6) is -0.161. The number of hydrogen-bond acceptors (Lipinski definition) is 5. The molecule has 2 atom stereocenters. The molecule has 0 bridgehead atoms. The number of ether oxygens (including phenoxy) is 1. The van der Waals surface area contributed by atoms with Gasteiger partial charge in [-0.1, -0.05) is 0 Å². The quantitative estimate of drug-likeness (QED) is 0.876. The zero-order valence-corrected chi connectivity index (χ0v) is 14.4. The fourth-order valence-electron chi connectivity index (χ4n) is 2.87. The molecule has 3 rings (SSSR count). The van der Waals surface area contributed by atoms with E-state index in [-0.39, 0.29) is 18.1 Å². The Bertz CT molecular complexity index is 681. The molecular formula is C16H22N4O2S. The SMILES string of the molecule is CCO[C@@H]1CN(C)C[C@H]1NC(=O)c1cc(-c2ccc(C)s2)[nH]n1. The molecule has 1 saturated heterocycles. The lowest BCUT2D eigenvalue weighted by atomic mass is 10.2. The molecule has 0 radical (unpaired) electrons. The van der Waals surface area contributed by atoms with Gasteiger partial charge in [-0.15, -0.1) is 11.3 Å². The predicted molar refractivity (Wildman–Crippen MR) is 90.8 cm³/mol. The van der Waals surface area contributed by atoms with E-state index in [9.17, 15) is 4.79 Å². The summed E-state index contributed by atoms with van der Waals surface area (Å²) in [4.78, 5) is 16.9. The molecule has 1 aliphatic rings. The highest BCUT2D eigenvalue weighted by atomic mass is 32.1. The topological polar surface area (TPSA) is 70.2 Å². The second-order valence-electron chi connectivity index (χ2n) is 5.87. The maximum atomic E-state index is 12.4. The van der Waals surface area contributed by atoms with Crippen molar-refractivity contribution >= 4 is 17.2 Å². The maximum Gasteiger partial charge on any atom is 0.272 e. The van der Waals surface area contributed by atoms with Crippen LogP contribution in [0, 0.1) is 6.92 Å². The van der Waals surface area contributed by atoms with Crippen molar-refractivity contribution in [1.82, 2.24) is 20.4 Å². The highest BCUT2D eigenvalue weighted by molar-refractivity contribution is 7.15. The summed E-state index contributed by atoms with van der Waals surface area (Å²) >= 11 is 1.68. The average Bonchev–Trinajstić information content (AvgIpc) is 3.20. The van der Waals surface area contributed by atoms with Crippen molar-refractivity contribution in [2.45, 2.75) is 26.0 Å².